The summed E-state index contributed by atoms with van der Waals surface area (Å²) in [7, 11) is 0. The van der Waals surface area contributed by atoms with Crippen LogP contribution in [0, 0.1) is 5.92 Å². The molecule has 0 aliphatic rings. The Kier molecular flexibility index (Phi) is 4.93. The molecule has 0 aliphatic heterocycles. The highest BCUT2D eigenvalue weighted by atomic mass is 35.5. The summed E-state index contributed by atoms with van der Waals surface area (Å²) in [6.07, 6.45) is 0. The van der Waals surface area contributed by atoms with E-state index in [2.05, 4.69) is 18.8 Å². The fourth-order valence-electron chi connectivity index (χ4n) is 2.92. The van der Waals surface area contributed by atoms with Crippen molar-refractivity contribution in [3.63, 3.8) is 0 Å². The molecule has 4 aromatic rings. The van der Waals surface area contributed by atoms with Gasteiger partial charge in [-0.15, -0.1) is 0 Å². The van der Waals surface area contributed by atoms with Crippen molar-refractivity contribution in [2.24, 2.45) is 5.92 Å². The molecule has 2 heterocycles. The van der Waals surface area contributed by atoms with Crippen molar-refractivity contribution in [2.45, 2.75) is 31.3 Å². The Bertz CT molecular complexity index is 1150. The van der Waals surface area contributed by atoms with Gasteiger partial charge in [0, 0.05) is 11.6 Å². The Labute approximate surface area is 165 Å². The van der Waals surface area contributed by atoms with Gasteiger partial charge >= 0.3 is 0 Å². The molecular formula is C20H18ClN3O2S. The van der Waals surface area contributed by atoms with Gasteiger partial charge in [0.05, 0.1) is 16.7 Å². The molecule has 0 atom stereocenters. The van der Waals surface area contributed by atoms with E-state index < -0.39 is 0 Å². The maximum atomic E-state index is 13.0. The highest BCUT2D eigenvalue weighted by Gasteiger charge is 2.15. The Balaban J connectivity index is 1.72. The van der Waals surface area contributed by atoms with Crippen molar-refractivity contribution in [3.8, 4) is 0 Å². The van der Waals surface area contributed by atoms with Crippen LogP contribution in [0.2, 0.25) is 5.02 Å². The molecule has 27 heavy (non-hydrogen) atoms. The Morgan fingerprint density at radius 3 is 2.74 bits per heavy atom. The number of para-hydroxylation sites is 2. The Morgan fingerprint density at radius 2 is 1.96 bits per heavy atom. The predicted octanol–water partition coefficient (Wildman–Crippen LogP) is 5.14. The molecular weight excluding hydrogens is 382 g/mol. The van der Waals surface area contributed by atoms with Gasteiger partial charge < -0.3 is 4.42 Å². The van der Waals surface area contributed by atoms with E-state index in [0.29, 0.717) is 45.2 Å². The minimum absolute atomic E-state index is 0.0729. The zero-order valence-electron chi connectivity index (χ0n) is 15.0. The molecule has 5 nitrogen and oxygen atoms in total. The molecule has 0 radical (unpaired) electrons. The molecule has 0 N–H and O–H groups in total. The maximum absolute atomic E-state index is 13.0. The second-order valence-electron chi connectivity index (χ2n) is 6.73. The van der Waals surface area contributed by atoms with Gasteiger partial charge in [-0.2, -0.15) is 0 Å². The molecule has 2 aromatic carbocycles. The summed E-state index contributed by atoms with van der Waals surface area (Å²) < 4.78 is 7.50. The summed E-state index contributed by atoms with van der Waals surface area (Å²) in [5, 5.41) is 1.73. The van der Waals surface area contributed by atoms with Gasteiger partial charge in [-0.25, -0.2) is 9.97 Å². The highest BCUT2D eigenvalue weighted by Crippen LogP contribution is 2.25. The molecule has 2 aromatic heterocycles. The lowest BCUT2D eigenvalue weighted by Crippen LogP contribution is -2.25. The summed E-state index contributed by atoms with van der Waals surface area (Å²) in [6, 6.07) is 12.9. The van der Waals surface area contributed by atoms with E-state index in [1.165, 1.54) is 11.8 Å². The second kappa shape index (κ2) is 7.37. The largest absolute Gasteiger partial charge is 0.440 e. The summed E-state index contributed by atoms with van der Waals surface area (Å²) in [5.41, 5.74) is 2.16. The molecule has 0 fully saturated rings. The first-order valence-corrected chi connectivity index (χ1v) is 10.0. The first-order chi connectivity index (χ1) is 13.0. The van der Waals surface area contributed by atoms with Gasteiger partial charge in [-0.05, 0) is 36.2 Å². The van der Waals surface area contributed by atoms with E-state index in [0.717, 1.165) is 11.1 Å². The third kappa shape index (κ3) is 3.73. The summed E-state index contributed by atoms with van der Waals surface area (Å²) in [4.78, 5) is 22.2. The maximum Gasteiger partial charge on any atom is 0.262 e. The van der Waals surface area contributed by atoms with E-state index in [1.54, 1.807) is 22.8 Å². The van der Waals surface area contributed by atoms with E-state index >= 15 is 0 Å². The second-order valence-corrected chi connectivity index (χ2v) is 8.11. The van der Waals surface area contributed by atoms with Crippen molar-refractivity contribution >= 4 is 45.4 Å². The average molecular weight is 400 g/mol. The molecule has 7 heteroatoms. The van der Waals surface area contributed by atoms with Crippen LogP contribution in [0.5, 0.6) is 0 Å². The minimum Gasteiger partial charge on any atom is -0.440 e. The number of benzene rings is 2. The van der Waals surface area contributed by atoms with Crippen molar-refractivity contribution < 1.29 is 4.42 Å². The first kappa shape index (κ1) is 18.1. The number of fused-ring (bicyclic) bond motifs is 2. The molecule has 4 rings (SSSR count). The average Bonchev–Trinajstić information content (AvgIpc) is 3.06. The fourth-order valence-corrected chi connectivity index (χ4v) is 3.94. The molecule has 0 bridgehead atoms. The van der Waals surface area contributed by atoms with Gasteiger partial charge in [0.1, 0.15) is 5.52 Å². The van der Waals surface area contributed by atoms with Crippen LogP contribution in [0.15, 0.2) is 56.8 Å². The smallest absolute Gasteiger partial charge is 0.262 e. The molecule has 0 amide bonds. The van der Waals surface area contributed by atoms with Crippen LogP contribution in [-0.4, -0.2) is 14.5 Å². The lowest BCUT2D eigenvalue weighted by Gasteiger charge is -2.14. The fraction of sp³-hybridized carbons (Fsp3) is 0.250. The number of hydrogen-bond donors (Lipinski definition) is 0. The van der Waals surface area contributed by atoms with E-state index in [1.807, 2.05) is 24.3 Å². The zero-order chi connectivity index (χ0) is 19.0. The number of rotatable bonds is 5. The Hall–Kier alpha value is -2.31. The van der Waals surface area contributed by atoms with Crippen molar-refractivity contribution in [3.05, 3.63) is 63.7 Å². The molecule has 0 aliphatic carbocycles. The number of halogens is 1. The van der Waals surface area contributed by atoms with Gasteiger partial charge in [0.25, 0.3) is 5.56 Å². The predicted molar refractivity (Wildman–Crippen MR) is 109 cm³/mol. The van der Waals surface area contributed by atoms with E-state index in [4.69, 9.17) is 21.0 Å². The van der Waals surface area contributed by atoms with Crippen molar-refractivity contribution in [2.75, 3.05) is 0 Å². The molecule has 138 valence electrons. The van der Waals surface area contributed by atoms with Gasteiger partial charge in [-0.1, -0.05) is 49.3 Å². The van der Waals surface area contributed by atoms with Crippen molar-refractivity contribution in [1.29, 1.82) is 0 Å². The number of aromatic nitrogens is 3. The van der Waals surface area contributed by atoms with Crippen LogP contribution >= 0.6 is 23.4 Å². The normalized spacial score (nSPS) is 11.7. The molecule has 0 saturated heterocycles. The van der Waals surface area contributed by atoms with Crippen LogP contribution in [0.25, 0.3) is 22.0 Å². The van der Waals surface area contributed by atoms with Crippen LogP contribution < -0.4 is 5.56 Å². The third-order valence-corrected chi connectivity index (χ3v) is 5.29. The quantitative estimate of drug-likeness (QED) is 0.343. The summed E-state index contributed by atoms with van der Waals surface area (Å²) in [5.74, 6) is 1.42. The van der Waals surface area contributed by atoms with Crippen LogP contribution in [0.1, 0.15) is 19.7 Å². The summed E-state index contributed by atoms with van der Waals surface area (Å²) in [6.45, 7) is 4.73. The van der Waals surface area contributed by atoms with E-state index in [-0.39, 0.29) is 5.56 Å². The number of nitrogens with zero attached hydrogens (tertiary/aromatic N) is 3. The van der Waals surface area contributed by atoms with Gasteiger partial charge in [-0.3, -0.25) is 9.36 Å². The third-order valence-electron chi connectivity index (χ3n) is 4.09. The molecule has 0 unspecified atom stereocenters. The highest BCUT2D eigenvalue weighted by molar-refractivity contribution is 7.98. The van der Waals surface area contributed by atoms with E-state index in [9.17, 15) is 4.79 Å². The number of oxazole rings is 1. The van der Waals surface area contributed by atoms with Crippen LogP contribution in [0.4, 0.5) is 0 Å². The minimum atomic E-state index is -0.0729. The van der Waals surface area contributed by atoms with Crippen LogP contribution in [-0.2, 0) is 12.3 Å². The molecule has 0 saturated carbocycles. The van der Waals surface area contributed by atoms with Crippen molar-refractivity contribution in [1.82, 2.24) is 14.5 Å². The monoisotopic (exact) mass is 399 g/mol. The standard InChI is InChI=1S/C20H18ClN3O2S/c1-12(2)10-24-19(25)14-9-13(21)7-8-15(14)23-20(24)27-11-18-22-16-5-3-4-6-17(16)26-18/h3-9,12H,10-11H2,1-2H3. The lowest BCUT2D eigenvalue weighted by atomic mass is 10.2. The first-order valence-electron chi connectivity index (χ1n) is 8.68. The number of hydrogen-bond acceptors (Lipinski definition) is 5. The topological polar surface area (TPSA) is 60.9 Å². The summed E-state index contributed by atoms with van der Waals surface area (Å²) >= 11 is 7.52. The lowest BCUT2D eigenvalue weighted by molar-refractivity contribution is 0.474. The number of thioether (sulfide) groups is 1. The van der Waals surface area contributed by atoms with Crippen LogP contribution in [0.3, 0.4) is 0 Å². The van der Waals surface area contributed by atoms with Gasteiger partial charge in [0.15, 0.2) is 10.7 Å². The Morgan fingerprint density at radius 1 is 1.15 bits per heavy atom. The molecule has 0 spiro atoms. The zero-order valence-corrected chi connectivity index (χ0v) is 16.5. The SMILES string of the molecule is CC(C)Cn1c(SCc2nc3ccccc3o2)nc2ccc(Cl)cc2c1=O. The van der Waals surface area contributed by atoms with Gasteiger partial charge in [0.2, 0.25) is 5.89 Å².